The van der Waals surface area contributed by atoms with Gasteiger partial charge < -0.3 is 15.4 Å². The van der Waals surface area contributed by atoms with Crippen molar-refractivity contribution in [1.82, 2.24) is 15.6 Å². The van der Waals surface area contributed by atoms with Crippen LogP contribution in [0.25, 0.3) is 0 Å². The van der Waals surface area contributed by atoms with Gasteiger partial charge >= 0.3 is 0 Å². The van der Waals surface area contributed by atoms with E-state index in [2.05, 4.69) is 38.1 Å². The predicted octanol–water partition coefficient (Wildman–Crippen LogP) is 3.91. The highest BCUT2D eigenvalue weighted by Crippen LogP contribution is 2.27. The quantitative estimate of drug-likeness (QED) is 0.354. The van der Waals surface area contributed by atoms with Crippen LogP contribution in [0.1, 0.15) is 35.5 Å². The number of nitrogens with one attached hydrogen (secondary N) is 2. The van der Waals surface area contributed by atoms with Gasteiger partial charge in [-0.15, -0.1) is 35.3 Å². The van der Waals surface area contributed by atoms with Crippen molar-refractivity contribution >= 4 is 41.3 Å². The first-order valence-corrected chi connectivity index (χ1v) is 9.72. The van der Waals surface area contributed by atoms with E-state index in [0.29, 0.717) is 12.6 Å². The molecule has 26 heavy (non-hydrogen) atoms. The summed E-state index contributed by atoms with van der Waals surface area (Å²) in [5.41, 5.74) is 2.29. The lowest BCUT2D eigenvalue weighted by Gasteiger charge is -2.27. The number of hydrogen-bond donors (Lipinski definition) is 2. The van der Waals surface area contributed by atoms with Crippen molar-refractivity contribution in [2.45, 2.75) is 45.3 Å². The third kappa shape index (κ3) is 6.12. The molecule has 1 fully saturated rings. The number of ether oxygens (including phenoxy) is 1. The fraction of sp³-hybridized carbons (Fsp3) is 0.474. The lowest BCUT2D eigenvalue weighted by Crippen LogP contribution is -2.38. The number of para-hydroxylation sites is 1. The van der Waals surface area contributed by atoms with Crippen LogP contribution in [0.3, 0.4) is 0 Å². The molecule has 1 saturated carbocycles. The molecule has 142 valence electrons. The van der Waals surface area contributed by atoms with Gasteiger partial charge in [-0.05, 0) is 32.3 Å². The van der Waals surface area contributed by atoms with Crippen LogP contribution in [0.15, 0.2) is 34.6 Å². The second-order valence-corrected chi connectivity index (χ2v) is 7.30. The minimum atomic E-state index is 0. The Bertz CT molecular complexity index is 715. The van der Waals surface area contributed by atoms with Crippen LogP contribution in [-0.2, 0) is 13.0 Å². The summed E-state index contributed by atoms with van der Waals surface area (Å²) in [6.07, 6.45) is 4.90. The molecule has 1 aromatic heterocycles. The summed E-state index contributed by atoms with van der Waals surface area (Å²) in [4.78, 5) is 8.77. The summed E-state index contributed by atoms with van der Waals surface area (Å²) >= 11 is 1.69. The Labute approximate surface area is 176 Å². The largest absolute Gasteiger partial charge is 0.490 e. The normalized spacial score (nSPS) is 14.3. The lowest BCUT2D eigenvalue weighted by atomic mass is 9.96. The maximum atomic E-state index is 6.08. The molecule has 2 N–H and O–H groups in total. The lowest BCUT2D eigenvalue weighted by molar-refractivity contribution is 0.119. The molecule has 0 amide bonds. The highest BCUT2D eigenvalue weighted by molar-refractivity contribution is 14.0. The van der Waals surface area contributed by atoms with E-state index >= 15 is 0 Å². The molecule has 0 radical (unpaired) electrons. The number of thiazole rings is 1. The number of aromatic nitrogens is 1. The van der Waals surface area contributed by atoms with Crippen LogP contribution in [-0.4, -0.2) is 30.6 Å². The number of aryl methyl sites for hydroxylation is 1. The molecular formula is C19H27IN4OS. The number of halogens is 1. The number of nitrogens with zero attached hydrogens (tertiary/aromatic N) is 2. The molecule has 0 bridgehead atoms. The summed E-state index contributed by atoms with van der Waals surface area (Å²) in [5, 5.41) is 9.93. The Kier molecular flexibility index (Phi) is 8.64. The maximum Gasteiger partial charge on any atom is 0.191 e. The van der Waals surface area contributed by atoms with E-state index in [1.165, 1.54) is 19.3 Å². The Balaban J connectivity index is 0.00000243. The topological polar surface area (TPSA) is 58.5 Å². The molecule has 0 saturated heterocycles. The van der Waals surface area contributed by atoms with Crippen molar-refractivity contribution in [3.05, 3.63) is 45.9 Å². The number of aliphatic imine (C=N–C) groups is 1. The maximum absolute atomic E-state index is 6.08. The predicted molar refractivity (Wildman–Crippen MR) is 119 cm³/mol. The number of guanidine groups is 1. The van der Waals surface area contributed by atoms with Gasteiger partial charge in [0, 0.05) is 37.5 Å². The van der Waals surface area contributed by atoms with Crippen LogP contribution in [0, 0.1) is 6.92 Å². The molecule has 7 heteroatoms. The summed E-state index contributed by atoms with van der Waals surface area (Å²) in [6.45, 7) is 3.53. The van der Waals surface area contributed by atoms with Gasteiger partial charge in [-0.25, -0.2) is 4.98 Å². The van der Waals surface area contributed by atoms with Gasteiger partial charge in [-0.1, -0.05) is 18.2 Å². The summed E-state index contributed by atoms with van der Waals surface area (Å²) in [6, 6.07) is 8.23. The molecule has 0 spiro atoms. The highest BCUT2D eigenvalue weighted by Gasteiger charge is 2.20. The Hall–Kier alpha value is -1.35. The second-order valence-electron chi connectivity index (χ2n) is 6.24. The molecule has 5 nitrogen and oxygen atoms in total. The Morgan fingerprint density at radius 1 is 1.31 bits per heavy atom. The number of rotatable bonds is 7. The summed E-state index contributed by atoms with van der Waals surface area (Å²) in [7, 11) is 1.79. The molecule has 0 aliphatic heterocycles. The monoisotopic (exact) mass is 486 g/mol. The highest BCUT2D eigenvalue weighted by atomic mass is 127. The first-order valence-electron chi connectivity index (χ1n) is 8.84. The van der Waals surface area contributed by atoms with Gasteiger partial charge in [0.1, 0.15) is 5.75 Å². The van der Waals surface area contributed by atoms with Crippen LogP contribution in [0.5, 0.6) is 5.75 Å². The first-order chi connectivity index (χ1) is 12.2. The molecule has 2 aromatic rings. The zero-order chi connectivity index (χ0) is 17.5. The van der Waals surface area contributed by atoms with Gasteiger partial charge in [0.05, 0.1) is 16.8 Å². The van der Waals surface area contributed by atoms with Crippen LogP contribution in [0.2, 0.25) is 0 Å². The van der Waals surface area contributed by atoms with E-state index < -0.39 is 0 Å². The third-order valence-corrected chi connectivity index (χ3v) is 5.15. The van der Waals surface area contributed by atoms with Crippen molar-refractivity contribution in [2.75, 3.05) is 13.6 Å². The average molecular weight is 486 g/mol. The van der Waals surface area contributed by atoms with E-state index in [1.54, 1.807) is 18.4 Å². The van der Waals surface area contributed by atoms with Gasteiger partial charge in [0.2, 0.25) is 0 Å². The molecule has 3 rings (SSSR count). The van der Waals surface area contributed by atoms with E-state index in [-0.39, 0.29) is 24.0 Å². The average Bonchev–Trinajstić information content (AvgIpc) is 3.00. The van der Waals surface area contributed by atoms with Crippen LogP contribution >= 0.6 is 35.3 Å². The van der Waals surface area contributed by atoms with E-state index in [4.69, 9.17) is 4.74 Å². The minimum Gasteiger partial charge on any atom is -0.490 e. The summed E-state index contributed by atoms with van der Waals surface area (Å²) in [5.74, 6) is 1.78. The van der Waals surface area contributed by atoms with Gasteiger partial charge in [-0.3, -0.25) is 4.99 Å². The van der Waals surface area contributed by atoms with E-state index in [0.717, 1.165) is 40.9 Å². The van der Waals surface area contributed by atoms with E-state index in [9.17, 15) is 0 Å². The number of hydrogen-bond acceptors (Lipinski definition) is 4. The van der Waals surface area contributed by atoms with Crippen LogP contribution < -0.4 is 15.4 Å². The molecule has 1 heterocycles. The standard InChI is InChI=1S/C19H26N4OS.HI/c1-14-23-16(13-25-14)10-11-21-19(20-2)22-12-15-6-3-4-9-18(15)24-17-7-5-8-17;/h3-4,6,9,13,17H,5,7-8,10-12H2,1-2H3,(H2,20,21,22);1H. The fourth-order valence-electron chi connectivity index (χ4n) is 2.66. The van der Waals surface area contributed by atoms with Crippen molar-refractivity contribution in [3.8, 4) is 5.75 Å². The van der Waals surface area contributed by atoms with Crippen molar-refractivity contribution in [3.63, 3.8) is 0 Å². The summed E-state index contributed by atoms with van der Waals surface area (Å²) < 4.78 is 6.08. The SMILES string of the molecule is CN=C(NCCc1csc(C)n1)NCc1ccccc1OC1CCC1.I. The molecule has 1 aliphatic carbocycles. The zero-order valence-electron chi connectivity index (χ0n) is 15.3. The van der Waals surface area contributed by atoms with Gasteiger partial charge in [0.25, 0.3) is 0 Å². The van der Waals surface area contributed by atoms with Crippen molar-refractivity contribution in [2.24, 2.45) is 4.99 Å². The molecule has 1 aliphatic rings. The second kappa shape index (κ2) is 10.7. The third-order valence-electron chi connectivity index (χ3n) is 4.33. The van der Waals surface area contributed by atoms with Crippen LogP contribution in [0.4, 0.5) is 0 Å². The molecule has 0 unspecified atom stereocenters. The minimum absolute atomic E-state index is 0. The Morgan fingerprint density at radius 2 is 2.12 bits per heavy atom. The Morgan fingerprint density at radius 3 is 2.77 bits per heavy atom. The zero-order valence-corrected chi connectivity index (χ0v) is 18.5. The smallest absolute Gasteiger partial charge is 0.191 e. The molecule has 1 aromatic carbocycles. The first kappa shape index (κ1) is 21.0. The number of benzene rings is 1. The van der Waals surface area contributed by atoms with E-state index in [1.807, 2.05) is 19.1 Å². The molecule has 0 atom stereocenters. The van der Waals surface area contributed by atoms with Gasteiger partial charge in [-0.2, -0.15) is 0 Å². The van der Waals surface area contributed by atoms with Gasteiger partial charge in [0.15, 0.2) is 5.96 Å². The van der Waals surface area contributed by atoms with Crippen molar-refractivity contribution < 1.29 is 4.74 Å². The molecular weight excluding hydrogens is 459 g/mol. The van der Waals surface area contributed by atoms with Crippen molar-refractivity contribution in [1.29, 1.82) is 0 Å². The fourth-order valence-corrected chi connectivity index (χ4v) is 3.31.